The van der Waals surface area contributed by atoms with Gasteiger partial charge in [-0.15, -0.1) is 0 Å². The molecule has 1 atom stereocenters. The molecule has 3 aromatic carbocycles. The second-order valence-corrected chi connectivity index (χ2v) is 12.4. The van der Waals surface area contributed by atoms with Gasteiger partial charge in [0, 0.05) is 35.3 Å². The zero-order valence-corrected chi connectivity index (χ0v) is 26.1. The van der Waals surface area contributed by atoms with Gasteiger partial charge in [0.25, 0.3) is 0 Å². The predicted molar refractivity (Wildman–Crippen MR) is 187 cm³/mol. The van der Waals surface area contributed by atoms with Gasteiger partial charge in [0.05, 0.1) is 5.69 Å². The largest absolute Gasteiger partial charge is 0.342 e. The minimum absolute atomic E-state index is 0.105. The Morgan fingerprint density at radius 3 is 1.50 bits per heavy atom. The number of hydrogen-bond acceptors (Lipinski definition) is 6. The third-order valence-corrected chi connectivity index (χ3v) is 8.11. The number of aromatic nitrogens is 3. The van der Waals surface area contributed by atoms with Gasteiger partial charge in [-0.2, -0.15) is 0 Å². The standard InChI is InChI=1S/C40H34N6/c1-40(2,3)33-19-14-29(15-20-33)32-18-23-36(43-26-32)39-45-37(34-21-16-30(24-41-34)27-10-6-4-7-11-27)44-38(46-39)35-22-17-31(25-42-35)28-12-8-5-9-13-28/h4-26,37H,1-3H3,(H,44,45,46). The second kappa shape index (κ2) is 12.3. The van der Waals surface area contributed by atoms with Gasteiger partial charge in [-0.1, -0.05) is 124 Å². The summed E-state index contributed by atoms with van der Waals surface area (Å²) in [5.74, 6) is 1.14. The van der Waals surface area contributed by atoms with E-state index in [0.717, 1.165) is 39.1 Å². The first-order valence-corrected chi connectivity index (χ1v) is 15.4. The second-order valence-electron chi connectivity index (χ2n) is 12.4. The van der Waals surface area contributed by atoms with E-state index in [-0.39, 0.29) is 5.41 Å². The minimum atomic E-state index is -0.464. The lowest BCUT2D eigenvalue weighted by Gasteiger charge is -2.22. The van der Waals surface area contributed by atoms with Gasteiger partial charge in [0.1, 0.15) is 11.4 Å². The molecule has 1 N–H and O–H groups in total. The first-order valence-electron chi connectivity index (χ1n) is 15.4. The van der Waals surface area contributed by atoms with Gasteiger partial charge >= 0.3 is 0 Å². The van der Waals surface area contributed by atoms with Crippen molar-refractivity contribution < 1.29 is 0 Å². The first kappa shape index (κ1) is 29.0. The summed E-state index contributed by atoms with van der Waals surface area (Å²) < 4.78 is 0. The molecule has 46 heavy (non-hydrogen) atoms. The van der Waals surface area contributed by atoms with Gasteiger partial charge in [-0.25, -0.2) is 9.98 Å². The molecule has 0 bridgehead atoms. The Labute approximate surface area is 269 Å². The third-order valence-electron chi connectivity index (χ3n) is 8.11. The Bertz CT molecular complexity index is 1990. The minimum Gasteiger partial charge on any atom is -0.342 e. The van der Waals surface area contributed by atoms with Crippen LogP contribution in [-0.4, -0.2) is 26.6 Å². The monoisotopic (exact) mass is 598 g/mol. The van der Waals surface area contributed by atoms with Gasteiger partial charge in [0.15, 0.2) is 17.8 Å². The number of amidine groups is 2. The summed E-state index contributed by atoms with van der Waals surface area (Å²) >= 11 is 0. The molecule has 1 aliphatic rings. The smallest absolute Gasteiger partial charge is 0.178 e. The van der Waals surface area contributed by atoms with Gasteiger partial charge < -0.3 is 5.32 Å². The van der Waals surface area contributed by atoms with Crippen molar-refractivity contribution in [3.63, 3.8) is 0 Å². The van der Waals surface area contributed by atoms with E-state index in [1.807, 2.05) is 73.2 Å². The molecule has 0 saturated carbocycles. The van der Waals surface area contributed by atoms with Crippen LogP contribution < -0.4 is 5.32 Å². The molecule has 0 saturated heterocycles. The zero-order valence-electron chi connectivity index (χ0n) is 26.1. The molecule has 7 rings (SSSR count). The van der Waals surface area contributed by atoms with Crippen molar-refractivity contribution in [2.24, 2.45) is 9.98 Å². The molecule has 224 valence electrons. The van der Waals surface area contributed by atoms with E-state index in [1.54, 1.807) is 0 Å². The molecule has 6 aromatic rings. The summed E-state index contributed by atoms with van der Waals surface area (Å²) in [6, 6.07) is 41.3. The van der Waals surface area contributed by atoms with Crippen LogP contribution in [0.4, 0.5) is 0 Å². The van der Waals surface area contributed by atoms with Crippen molar-refractivity contribution >= 4 is 11.7 Å². The van der Waals surface area contributed by atoms with E-state index in [1.165, 1.54) is 5.56 Å². The van der Waals surface area contributed by atoms with E-state index < -0.39 is 6.17 Å². The number of rotatable bonds is 6. The number of nitrogens with one attached hydrogen (secondary N) is 1. The van der Waals surface area contributed by atoms with Crippen LogP contribution in [-0.2, 0) is 5.41 Å². The highest BCUT2D eigenvalue weighted by Crippen LogP contribution is 2.27. The molecule has 0 radical (unpaired) electrons. The molecule has 0 spiro atoms. The molecule has 6 nitrogen and oxygen atoms in total. The Kier molecular flexibility index (Phi) is 7.77. The van der Waals surface area contributed by atoms with Gasteiger partial charge in [-0.05, 0) is 45.9 Å². The fraction of sp³-hybridized carbons (Fsp3) is 0.125. The third kappa shape index (κ3) is 6.24. The zero-order chi connectivity index (χ0) is 31.5. The van der Waals surface area contributed by atoms with Crippen LogP contribution in [0.3, 0.4) is 0 Å². The normalized spacial score (nSPS) is 14.6. The molecular formula is C40H34N6. The van der Waals surface area contributed by atoms with E-state index in [9.17, 15) is 0 Å². The predicted octanol–water partition coefficient (Wildman–Crippen LogP) is 8.67. The number of aliphatic imine (C=N–C) groups is 2. The fourth-order valence-corrected chi connectivity index (χ4v) is 5.41. The average molecular weight is 599 g/mol. The maximum Gasteiger partial charge on any atom is 0.178 e. The molecular weight excluding hydrogens is 564 g/mol. The summed E-state index contributed by atoms with van der Waals surface area (Å²) in [7, 11) is 0. The summed E-state index contributed by atoms with van der Waals surface area (Å²) in [4.78, 5) is 24.3. The van der Waals surface area contributed by atoms with Crippen molar-refractivity contribution in [1.29, 1.82) is 0 Å². The lowest BCUT2D eigenvalue weighted by atomic mass is 9.86. The number of nitrogens with zero attached hydrogens (tertiary/aromatic N) is 5. The molecule has 3 aromatic heterocycles. The van der Waals surface area contributed by atoms with E-state index >= 15 is 0 Å². The highest BCUT2D eigenvalue weighted by atomic mass is 15.2. The Morgan fingerprint density at radius 2 is 1.00 bits per heavy atom. The van der Waals surface area contributed by atoms with Gasteiger partial charge in [0.2, 0.25) is 0 Å². The van der Waals surface area contributed by atoms with Crippen LogP contribution in [0.15, 0.2) is 150 Å². The van der Waals surface area contributed by atoms with Crippen LogP contribution in [0, 0.1) is 0 Å². The summed E-state index contributed by atoms with van der Waals surface area (Å²) in [5.41, 5.74) is 10.0. The maximum atomic E-state index is 4.97. The van der Waals surface area contributed by atoms with Gasteiger partial charge in [-0.3, -0.25) is 15.0 Å². The SMILES string of the molecule is CC(C)(C)c1ccc(-c2ccc(C3=NC(c4ccc(-c5ccccc5)cn4)NC(c4ccc(-c5ccccc5)cn4)=N3)nc2)cc1. The lowest BCUT2D eigenvalue weighted by molar-refractivity contribution is 0.590. The highest BCUT2D eigenvalue weighted by molar-refractivity contribution is 6.11. The van der Waals surface area contributed by atoms with E-state index in [4.69, 9.17) is 24.9 Å². The topological polar surface area (TPSA) is 75.4 Å². The van der Waals surface area contributed by atoms with Crippen molar-refractivity contribution in [3.05, 3.63) is 163 Å². The Hall–Kier alpha value is -5.75. The number of benzene rings is 3. The molecule has 6 heteroatoms. The Morgan fingerprint density at radius 1 is 0.500 bits per heavy atom. The van der Waals surface area contributed by atoms with Crippen molar-refractivity contribution in [2.75, 3.05) is 0 Å². The van der Waals surface area contributed by atoms with Crippen molar-refractivity contribution in [3.8, 4) is 33.4 Å². The van der Waals surface area contributed by atoms with Crippen molar-refractivity contribution in [1.82, 2.24) is 20.3 Å². The van der Waals surface area contributed by atoms with Crippen LogP contribution in [0.25, 0.3) is 33.4 Å². The van der Waals surface area contributed by atoms with Crippen LogP contribution in [0.5, 0.6) is 0 Å². The van der Waals surface area contributed by atoms with Crippen molar-refractivity contribution in [2.45, 2.75) is 32.4 Å². The molecule has 0 fully saturated rings. The maximum absolute atomic E-state index is 4.97. The summed E-state index contributed by atoms with van der Waals surface area (Å²) in [5, 5.41) is 3.47. The molecule has 4 heterocycles. The van der Waals surface area contributed by atoms with Crippen LogP contribution in [0.2, 0.25) is 0 Å². The average Bonchev–Trinajstić information content (AvgIpc) is 3.12. The number of hydrogen-bond donors (Lipinski definition) is 1. The molecule has 0 amide bonds. The summed E-state index contributed by atoms with van der Waals surface area (Å²) in [6.07, 6.45) is 5.18. The van der Waals surface area contributed by atoms with E-state index in [2.05, 4.69) is 92.8 Å². The Balaban J connectivity index is 1.21. The fourth-order valence-electron chi connectivity index (χ4n) is 5.41. The quantitative estimate of drug-likeness (QED) is 0.208. The first-order chi connectivity index (χ1) is 22.4. The molecule has 1 unspecified atom stereocenters. The summed E-state index contributed by atoms with van der Waals surface area (Å²) in [6.45, 7) is 6.67. The van der Waals surface area contributed by atoms with E-state index in [0.29, 0.717) is 23.1 Å². The lowest BCUT2D eigenvalue weighted by Crippen LogP contribution is -2.34. The number of pyridine rings is 3. The highest BCUT2D eigenvalue weighted by Gasteiger charge is 2.23. The van der Waals surface area contributed by atoms with Crippen LogP contribution >= 0.6 is 0 Å². The molecule has 1 aliphatic heterocycles. The van der Waals surface area contributed by atoms with Crippen LogP contribution in [0.1, 0.15) is 49.6 Å². The molecule has 0 aliphatic carbocycles.